The Morgan fingerprint density at radius 2 is 1.76 bits per heavy atom. The maximum absolute atomic E-state index is 5.95. The normalized spacial score (nSPS) is 13.8. The highest BCUT2D eigenvalue weighted by Gasteiger charge is 2.18. The SMILES string of the molecule is CCOc1cc(C(=S)N2CCCC2)ccc1OCc1ccc(Cl)cc1. The number of ether oxygens (including phenoxy) is 2. The van der Waals surface area contributed by atoms with Gasteiger partial charge in [-0.05, 0) is 55.7 Å². The fraction of sp³-hybridized carbons (Fsp3) is 0.350. The van der Waals surface area contributed by atoms with Gasteiger partial charge in [-0.3, -0.25) is 0 Å². The lowest BCUT2D eigenvalue weighted by Crippen LogP contribution is -2.26. The van der Waals surface area contributed by atoms with Gasteiger partial charge in [0.05, 0.1) is 6.61 Å². The molecule has 0 spiro atoms. The summed E-state index contributed by atoms with van der Waals surface area (Å²) in [6, 6.07) is 13.6. The van der Waals surface area contributed by atoms with Crippen LogP contribution in [0.5, 0.6) is 11.5 Å². The van der Waals surface area contributed by atoms with Crippen LogP contribution in [-0.4, -0.2) is 29.6 Å². The molecule has 0 aromatic heterocycles. The molecule has 2 aromatic carbocycles. The van der Waals surface area contributed by atoms with Crippen LogP contribution in [0.3, 0.4) is 0 Å². The standard InChI is InChI=1S/C20H22ClNO2S/c1-2-23-19-13-16(20(25)22-11-3-4-12-22)7-10-18(19)24-14-15-5-8-17(21)9-6-15/h5-10,13H,2-4,11-12,14H2,1H3. The minimum Gasteiger partial charge on any atom is -0.490 e. The summed E-state index contributed by atoms with van der Waals surface area (Å²) in [6.07, 6.45) is 2.42. The summed E-state index contributed by atoms with van der Waals surface area (Å²) in [6.45, 7) is 5.09. The summed E-state index contributed by atoms with van der Waals surface area (Å²) in [5.74, 6) is 1.46. The molecule has 0 amide bonds. The maximum Gasteiger partial charge on any atom is 0.161 e. The van der Waals surface area contributed by atoms with Gasteiger partial charge >= 0.3 is 0 Å². The Bertz CT molecular complexity index is 727. The van der Waals surface area contributed by atoms with E-state index in [2.05, 4.69) is 4.90 Å². The molecule has 25 heavy (non-hydrogen) atoms. The smallest absolute Gasteiger partial charge is 0.161 e. The highest BCUT2D eigenvalue weighted by atomic mass is 35.5. The van der Waals surface area contributed by atoms with Crippen molar-refractivity contribution < 1.29 is 9.47 Å². The minimum absolute atomic E-state index is 0.465. The number of hydrogen-bond acceptors (Lipinski definition) is 3. The third-order valence-corrected chi connectivity index (χ3v) is 4.94. The third-order valence-electron chi connectivity index (χ3n) is 4.19. The van der Waals surface area contributed by atoms with E-state index in [0.29, 0.717) is 13.2 Å². The zero-order chi connectivity index (χ0) is 17.6. The van der Waals surface area contributed by atoms with Crippen LogP contribution in [0.2, 0.25) is 5.02 Å². The molecule has 0 aliphatic carbocycles. The van der Waals surface area contributed by atoms with Crippen LogP contribution in [-0.2, 0) is 6.61 Å². The molecule has 0 unspecified atom stereocenters. The molecule has 132 valence electrons. The Hall–Kier alpha value is -1.78. The fourth-order valence-electron chi connectivity index (χ4n) is 2.87. The van der Waals surface area contributed by atoms with Crippen molar-refractivity contribution in [1.82, 2.24) is 4.90 Å². The lowest BCUT2D eigenvalue weighted by atomic mass is 10.2. The van der Waals surface area contributed by atoms with Crippen LogP contribution >= 0.6 is 23.8 Å². The van der Waals surface area contributed by atoms with Crippen LogP contribution in [0, 0.1) is 0 Å². The van der Waals surface area contributed by atoms with Crippen molar-refractivity contribution >= 4 is 28.8 Å². The molecule has 3 rings (SSSR count). The van der Waals surface area contributed by atoms with Crippen molar-refractivity contribution in [1.29, 1.82) is 0 Å². The lowest BCUT2D eigenvalue weighted by Gasteiger charge is -2.20. The molecule has 1 saturated heterocycles. The van der Waals surface area contributed by atoms with E-state index in [4.69, 9.17) is 33.3 Å². The van der Waals surface area contributed by atoms with E-state index < -0.39 is 0 Å². The number of nitrogens with zero attached hydrogens (tertiary/aromatic N) is 1. The van der Waals surface area contributed by atoms with Crippen LogP contribution in [0.4, 0.5) is 0 Å². The quantitative estimate of drug-likeness (QED) is 0.655. The molecular weight excluding hydrogens is 354 g/mol. The molecule has 1 fully saturated rings. The van der Waals surface area contributed by atoms with Gasteiger partial charge in [0, 0.05) is 23.7 Å². The first kappa shape index (κ1) is 18.0. The van der Waals surface area contributed by atoms with Gasteiger partial charge in [0.25, 0.3) is 0 Å². The first-order valence-corrected chi connectivity index (χ1v) is 9.39. The van der Waals surface area contributed by atoms with Gasteiger partial charge in [-0.1, -0.05) is 36.0 Å². The average Bonchev–Trinajstić information content (AvgIpc) is 3.16. The Balaban J connectivity index is 1.74. The molecule has 1 heterocycles. The van der Waals surface area contributed by atoms with E-state index in [0.717, 1.165) is 45.7 Å². The Kier molecular flexibility index (Phi) is 6.16. The van der Waals surface area contributed by atoms with Gasteiger partial charge in [-0.2, -0.15) is 0 Å². The largest absolute Gasteiger partial charge is 0.490 e. The van der Waals surface area contributed by atoms with Gasteiger partial charge in [0.1, 0.15) is 11.6 Å². The second kappa shape index (κ2) is 8.54. The van der Waals surface area contributed by atoms with Crippen molar-refractivity contribution in [2.24, 2.45) is 0 Å². The average molecular weight is 376 g/mol. The van der Waals surface area contributed by atoms with E-state index in [9.17, 15) is 0 Å². The monoisotopic (exact) mass is 375 g/mol. The van der Waals surface area contributed by atoms with E-state index >= 15 is 0 Å². The summed E-state index contributed by atoms with van der Waals surface area (Å²) >= 11 is 11.6. The molecule has 5 heteroatoms. The molecule has 0 saturated carbocycles. The second-order valence-corrected chi connectivity index (χ2v) is 6.83. The highest BCUT2D eigenvalue weighted by molar-refractivity contribution is 7.80. The zero-order valence-corrected chi connectivity index (χ0v) is 15.9. The topological polar surface area (TPSA) is 21.7 Å². The fourth-order valence-corrected chi connectivity index (χ4v) is 3.31. The molecule has 3 nitrogen and oxygen atoms in total. The number of thiocarbonyl (C=S) groups is 1. The summed E-state index contributed by atoms with van der Waals surface area (Å²) in [7, 11) is 0. The summed E-state index contributed by atoms with van der Waals surface area (Å²) in [4.78, 5) is 3.15. The van der Waals surface area contributed by atoms with Crippen LogP contribution in [0.25, 0.3) is 0 Å². The minimum atomic E-state index is 0.465. The maximum atomic E-state index is 5.95. The Morgan fingerprint density at radius 3 is 2.44 bits per heavy atom. The van der Waals surface area contributed by atoms with Crippen molar-refractivity contribution in [2.45, 2.75) is 26.4 Å². The number of benzene rings is 2. The molecule has 0 radical (unpaired) electrons. The predicted molar refractivity (Wildman–Crippen MR) is 106 cm³/mol. The Labute approximate surface area is 159 Å². The first-order valence-electron chi connectivity index (χ1n) is 8.60. The van der Waals surface area contributed by atoms with Crippen LogP contribution < -0.4 is 9.47 Å². The van der Waals surface area contributed by atoms with Gasteiger partial charge in [-0.25, -0.2) is 0 Å². The number of likely N-dealkylation sites (tertiary alicyclic amines) is 1. The molecule has 1 aliphatic heterocycles. The Morgan fingerprint density at radius 1 is 1.04 bits per heavy atom. The highest BCUT2D eigenvalue weighted by Crippen LogP contribution is 2.30. The molecule has 1 aliphatic rings. The molecule has 0 bridgehead atoms. The van der Waals surface area contributed by atoms with E-state index in [1.54, 1.807) is 0 Å². The van der Waals surface area contributed by atoms with Crippen LogP contribution in [0.15, 0.2) is 42.5 Å². The first-order chi connectivity index (χ1) is 12.2. The summed E-state index contributed by atoms with van der Waals surface area (Å²) < 4.78 is 11.7. The van der Waals surface area contributed by atoms with Crippen LogP contribution in [0.1, 0.15) is 30.9 Å². The number of halogens is 1. The third kappa shape index (κ3) is 4.65. The number of hydrogen-bond donors (Lipinski definition) is 0. The second-order valence-electron chi connectivity index (χ2n) is 6.01. The predicted octanol–water partition coefficient (Wildman–Crippen LogP) is 5.09. The van der Waals surface area contributed by atoms with Gasteiger partial charge in [0.2, 0.25) is 0 Å². The lowest BCUT2D eigenvalue weighted by molar-refractivity contribution is 0.269. The van der Waals surface area contributed by atoms with Crippen molar-refractivity contribution in [2.75, 3.05) is 19.7 Å². The van der Waals surface area contributed by atoms with Crippen molar-refractivity contribution in [3.05, 3.63) is 58.6 Å². The number of rotatable bonds is 6. The zero-order valence-electron chi connectivity index (χ0n) is 14.3. The van der Waals surface area contributed by atoms with Crippen molar-refractivity contribution in [3.63, 3.8) is 0 Å². The van der Waals surface area contributed by atoms with Crippen molar-refractivity contribution in [3.8, 4) is 11.5 Å². The molecular formula is C20H22ClNO2S. The van der Waals surface area contributed by atoms with E-state index in [-0.39, 0.29) is 0 Å². The van der Waals surface area contributed by atoms with Gasteiger partial charge < -0.3 is 14.4 Å². The molecule has 0 N–H and O–H groups in total. The van der Waals surface area contributed by atoms with Gasteiger partial charge in [0.15, 0.2) is 11.5 Å². The summed E-state index contributed by atoms with van der Waals surface area (Å²) in [5, 5.41) is 0.721. The van der Waals surface area contributed by atoms with Gasteiger partial charge in [-0.15, -0.1) is 0 Å². The molecule has 0 atom stereocenters. The summed E-state index contributed by atoms with van der Waals surface area (Å²) in [5.41, 5.74) is 2.07. The van der Waals surface area contributed by atoms with E-state index in [1.165, 1.54) is 12.8 Å². The molecule has 2 aromatic rings. The van der Waals surface area contributed by atoms with E-state index in [1.807, 2.05) is 49.4 Å².